The Hall–Kier alpha value is -2.67. The third kappa shape index (κ3) is 4.78. The summed E-state index contributed by atoms with van der Waals surface area (Å²) < 4.78 is 0. The number of anilines is 1. The van der Waals surface area contributed by atoms with E-state index in [0.717, 1.165) is 33.4 Å². The average Bonchev–Trinajstić information content (AvgIpc) is 3.17. The Labute approximate surface area is 170 Å². The highest BCUT2D eigenvalue weighted by Gasteiger charge is 2.09. The van der Waals surface area contributed by atoms with Crippen LogP contribution >= 0.6 is 11.3 Å². The molecule has 2 aromatic heterocycles. The van der Waals surface area contributed by atoms with Crippen molar-refractivity contribution >= 4 is 34.0 Å². The molecule has 0 spiro atoms. The molecule has 7 heteroatoms. The van der Waals surface area contributed by atoms with Crippen molar-refractivity contribution in [2.75, 3.05) is 26.0 Å². The molecule has 0 aliphatic heterocycles. The normalized spacial score (nSPS) is 11.9. The number of nitrogens with zero attached hydrogens (tertiary/aromatic N) is 4. The van der Waals surface area contributed by atoms with Gasteiger partial charge in [-0.3, -0.25) is 4.99 Å². The van der Waals surface area contributed by atoms with Crippen molar-refractivity contribution in [1.29, 1.82) is 0 Å². The van der Waals surface area contributed by atoms with Crippen molar-refractivity contribution in [3.63, 3.8) is 0 Å². The molecule has 6 nitrogen and oxygen atoms in total. The fraction of sp³-hybridized carbons (Fsp3) is 0.381. The Morgan fingerprint density at radius 1 is 1.14 bits per heavy atom. The minimum absolute atomic E-state index is 0.452. The van der Waals surface area contributed by atoms with E-state index in [2.05, 4.69) is 52.0 Å². The molecular formula is C21H28N6S. The monoisotopic (exact) mass is 396 g/mol. The second-order valence-corrected chi connectivity index (χ2v) is 8.09. The third-order valence-electron chi connectivity index (χ3n) is 4.48. The molecule has 3 aromatic rings. The van der Waals surface area contributed by atoms with Crippen molar-refractivity contribution < 1.29 is 0 Å². The van der Waals surface area contributed by atoms with Crippen LogP contribution < -0.4 is 15.5 Å². The van der Waals surface area contributed by atoms with E-state index < -0.39 is 0 Å². The number of rotatable bonds is 6. The number of para-hydroxylation sites is 1. The summed E-state index contributed by atoms with van der Waals surface area (Å²) in [6.07, 6.45) is 0. The molecule has 0 radical (unpaired) electrons. The van der Waals surface area contributed by atoms with E-state index in [-0.39, 0.29) is 0 Å². The van der Waals surface area contributed by atoms with Crippen molar-refractivity contribution in [2.24, 2.45) is 4.99 Å². The van der Waals surface area contributed by atoms with Gasteiger partial charge < -0.3 is 15.5 Å². The van der Waals surface area contributed by atoms with Gasteiger partial charge >= 0.3 is 0 Å². The number of pyridine rings is 1. The molecule has 0 aliphatic rings. The standard InChI is InChI=1S/C21H28N6S/c1-14(2)18-13-28-20(26-18)12-24-21(22-3)23-11-15-10-19(27(4)5)25-17-9-7-6-8-16(15)17/h6-10,13-14H,11-12H2,1-5H3,(H2,22,23,24). The van der Waals surface area contributed by atoms with Gasteiger partial charge in [0.25, 0.3) is 0 Å². The Morgan fingerprint density at radius 2 is 1.89 bits per heavy atom. The highest BCUT2D eigenvalue weighted by molar-refractivity contribution is 7.09. The van der Waals surface area contributed by atoms with Crippen molar-refractivity contribution in [3.05, 3.63) is 52.0 Å². The quantitative estimate of drug-likeness (QED) is 0.491. The number of fused-ring (bicyclic) bond motifs is 1. The van der Waals surface area contributed by atoms with E-state index in [0.29, 0.717) is 19.0 Å². The average molecular weight is 397 g/mol. The van der Waals surface area contributed by atoms with Crippen molar-refractivity contribution in [3.8, 4) is 0 Å². The third-order valence-corrected chi connectivity index (χ3v) is 5.35. The number of nitrogens with one attached hydrogen (secondary N) is 2. The van der Waals surface area contributed by atoms with Crippen LogP contribution in [-0.4, -0.2) is 37.1 Å². The summed E-state index contributed by atoms with van der Waals surface area (Å²) in [5.74, 6) is 2.16. The van der Waals surface area contributed by atoms with Gasteiger partial charge in [-0.15, -0.1) is 11.3 Å². The second-order valence-electron chi connectivity index (χ2n) is 7.15. The molecule has 0 unspecified atom stereocenters. The molecule has 28 heavy (non-hydrogen) atoms. The summed E-state index contributed by atoms with van der Waals surface area (Å²) in [4.78, 5) is 15.8. The van der Waals surface area contributed by atoms with Gasteiger partial charge in [0.05, 0.1) is 17.8 Å². The van der Waals surface area contributed by atoms with E-state index in [9.17, 15) is 0 Å². The first-order valence-electron chi connectivity index (χ1n) is 9.42. The molecule has 1 aromatic carbocycles. The highest BCUT2D eigenvalue weighted by Crippen LogP contribution is 2.22. The fourth-order valence-corrected chi connectivity index (χ4v) is 3.73. The number of benzene rings is 1. The van der Waals surface area contributed by atoms with Gasteiger partial charge in [0.15, 0.2) is 5.96 Å². The molecule has 0 fully saturated rings. The number of aliphatic imine (C=N–C) groups is 1. The molecule has 0 aliphatic carbocycles. The maximum absolute atomic E-state index is 4.72. The van der Waals surface area contributed by atoms with E-state index in [1.54, 1.807) is 18.4 Å². The molecule has 0 bridgehead atoms. The van der Waals surface area contributed by atoms with Crippen LogP contribution in [0.25, 0.3) is 10.9 Å². The first-order valence-corrected chi connectivity index (χ1v) is 10.3. The Kier molecular flexibility index (Phi) is 6.46. The summed E-state index contributed by atoms with van der Waals surface area (Å²) in [7, 11) is 5.80. The molecule has 148 valence electrons. The summed E-state index contributed by atoms with van der Waals surface area (Å²) in [5.41, 5.74) is 3.33. The van der Waals surface area contributed by atoms with Crippen LogP contribution in [0.4, 0.5) is 5.82 Å². The number of guanidine groups is 1. The summed E-state index contributed by atoms with van der Waals surface area (Å²) in [6, 6.07) is 10.3. The van der Waals surface area contributed by atoms with Gasteiger partial charge in [0.1, 0.15) is 10.8 Å². The largest absolute Gasteiger partial charge is 0.363 e. The topological polar surface area (TPSA) is 65.4 Å². The zero-order chi connectivity index (χ0) is 20.1. The van der Waals surface area contributed by atoms with Crippen LogP contribution in [0.5, 0.6) is 0 Å². The summed E-state index contributed by atoms with van der Waals surface area (Å²) in [6.45, 7) is 5.65. The maximum Gasteiger partial charge on any atom is 0.191 e. The van der Waals surface area contributed by atoms with Gasteiger partial charge in [-0.1, -0.05) is 32.0 Å². The SMILES string of the molecule is CN=C(NCc1nc(C(C)C)cs1)NCc1cc(N(C)C)nc2ccccc12. The zero-order valence-corrected chi connectivity index (χ0v) is 18.0. The van der Waals surface area contributed by atoms with Crippen LogP contribution in [0.3, 0.4) is 0 Å². The smallest absolute Gasteiger partial charge is 0.191 e. The number of hydrogen-bond donors (Lipinski definition) is 2. The Bertz CT molecular complexity index is 960. The lowest BCUT2D eigenvalue weighted by Crippen LogP contribution is -2.36. The molecule has 2 N–H and O–H groups in total. The zero-order valence-electron chi connectivity index (χ0n) is 17.2. The number of hydrogen-bond acceptors (Lipinski definition) is 5. The van der Waals surface area contributed by atoms with Crippen LogP contribution in [0.1, 0.15) is 36.0 Å². The van der Waals surface area contributed by atoms with E-state index >= 15 is 0 Å². The lowest BCUT2D eigenvalue weighted by atomic mass is 10.1. The molecular weight excluding hydrogens is 368 g/mol. The van der Waals surface area contributed by atoms with E-state index in [1.807, 2.05) is 37.2 Å². The molecule has 0 atom stereocenters. The van der Waals surface area contributed by atoms with Crippen molar-refractivity contribution in [2.45, 2.75) is 32.9 Å². The van der Waals surface area contributed by atoms with E-state index in [4.69, 9.17) is 4.98 Å². The maximum atomic E-state index is 4.72. The molecule has 0 amide bonds. The second kappa shape index (κ2) is 9.01. The van der Waals surface area contributed by atoms with Gasteiger partial charge in [-0.05, 0) is 23.6 Å². The Balaban J connectivity index is 1.69. The van der Waals surface area contributed by atoms with Gasteiger partial charge in [-0.25, -0.2) is 9.97 Å². The van der Waals surface area contributed by atoms with Gasteiger partial charge in [0, 0.05) is 38.5 Å². The predicted octanol–water partition coefficient (Wildman–Crippen LogP) is 3.75. The predicted molar refractivity (Wildman–Crippen MR) is 119 cm³/mol. The molecule has 2 heterocycles. The first kappa shape index (κ1) is 20.1. The lowest BCUT2D eigenvalue weighted by Gasteiger charge is -2.16. The molecule has 0 saturated heterocycles. The minimum atomic E-state index is 0.452. The summed E-state index contributed by atoms with van der Waals surface area (Å²) in [5, 5.41) is 11.1. The molecule has 0 saturated carbocycles. The van der Waals surface area contributed by atoms with Gasteiger partial charge in [-0.2, -0.15) is 0 Å². The summed E-state index contributed by atoms with van der Waals surface area (Å²) >= 11 is 1.68. The van der Waals surface area contributed by atoms with Gasteiger partial charge in [0.2, 0.25) is 0 Å². The van der Waals surface area contributed by atoms with Crippen LogP contribution in [-0.2, 0) is 13.1 Å². The van der Waals surface area contributed by atoms with Crippen LogP contribution in [0, 0.1) is 0 Å². The Morgan fingerprint density at radius 3 is 2.57 bits per heavy atom. The highest BCUT2D eigenvalue weighted by atomic mass is 32.1. The van der Waals surface area contributed by atoms with Crippen LogP contribution in [0.15, 0.2) is 40.7 Å². The van der Waals surface area contributed by atoms with Crippen LogP contribution in [0.2, 0.25) is 0 Å². The molecule has 3 rings (SSSR count). The number of thiazole rings is 1. The first-order chi connectivity index (χ1) is 13.5. The minimum Gasteiger partial charge on any atom is -0.363 e. The number of aromatic nitrogens is 2. The fourth-order valence-electron chi connectivity index (χ4n) is 2.84. The lowest BCUT2D eigenvalue weighted by molar-refractivity contribution is 0.786. The van der Waals surface area contributed by atoms with Crippen molar-refractivity contribution in [1.82, 2.24) is 20.6 Å². The van der Waals surface area contributed by atoms with E-state index in [1.165, 1.54) is 5.56 Å².